The summed E-state index contributed by atoms with van der Waals surface area (Å²) in [7, 11) is 1.92. The van der Waals surface area contributed by atoms with Gasteiger partial charge in [-0.1, -0.05) is 117 Å². The Balaban J connectivity index is 0.00000165. The zero-order valence-electron chi connectivity index (χ0n) is 23.8. The average Bonchev–Trinajstić information content (AvgIpc) is 3.06. The van der Waals surface area contributed by atoms with Crippen molar-refractivity contribution in [3.63, 3.8) is 0 Å². The van der Waals surface area contributed by atoms with Crippen molar-refractivity contribution < 1.29 is 0 Å². The van der Waals surface area contributed by atoms with Crippen molar-refractivity contribution in [3.05, 3.63) is 140 Å². The van der Waals surface area contributed by atoms with E-state index in [2.05, 4.69) is 121 Å². The first-order chi connectivity index (χ1) is 20.2. The highest BCUT2D eigenvalue weighted by Gasteiger charge is 2.11. The van der Waals surface area contributed by atoms with E-state index in [-0.39, 0.29) is 0 Å². The van der Waals surface area contributed by atoms with Gasteiger partial charge < -0.3 is 11.1 Å². The van der Waals surface area contributed by atoms with Crippen molar-refractivity contribution in [2.75, 3.05) is 18.1 Å². The number of hydrogen-bond acceptors (Lipinski definition) is 3. The number of benzene rings is 5. The van der Waals surface area contributed by atoms with Gasteiger partial charge in [0.05, 0.1) is 11.4 Å². The lowest BCUT2D eigenvalue weighted by atomic mass is 9.96. The van der Waals surface area contributed by atoms with E-state index in [1.807, 2.05) is 45.2 Å². The molecule has 41 heavy (non-hydrogen) atoms. The van der Waals surface area contributed by atoms with Crippen LogP contribution in [0.3, 0.4) is 0 Å². The fraction of sp³-hybridized carbons (Fsp3) is 0.0789. The largest absolute Gasteiger partial charge is 0.398 e. The maximum atomic E-state index is 6.38. The van der Waals surface area contributed by atoms with Gasteiger partial charge in [-0.25, -0.2) is 4.98 Å². The first-order valence-corrected chi connectivity index (χ1v) is 14.1. The van der Waals surface area contributed by atoms with Crippen molar-refractivity contribution in [2.45, 2.75) is 13.8 Å². The second-order valence-corrected chi connectivity index (χ2v) is 9.57. The summed E-state index contributed by atoms with van der Waals surface area (Å²) < 4.78 is 0. The first kappa shape index (κ1) is 27.4. The second kappa shape index (κ2) is 12.8. The van der Waals surface area contributed by atoms with Crippen molar-refractivity contribution >= 4 is 11.4 Å². The van der Waals surface area contributed by atoms with Gasteiger partial charge >= 0.3 is 0 Å². The fourth-order valence-electron chi connectivity index (χ4n) is 4.90. The average molecular weight is 534 g/mol. The molecule has 1 aromatic heterocycles. The molecule has 6 aromatic rings. The molecule has 3 N–H and O–H groups in total. The van der Waals surface area contributed by atoms with Crippen molar-refractivity contribution in [2.24, 2.45) is 0 Å². The third kappa shape index (κ3) is 6.21. The molecule has 0 radical (unpaired) electrons. The molecule has 1 heterocycles. The number of anilines is 2. The van der Waals surface area contributed by atoms with Crippen LogP contribution in [-0.2, 0) is 0 Å². The lowest BCUT2D eigenvalue weighted by Gasteiger charge is -2.13. The number of rotatable bonds is 6. The smallest absolute Gasteiger partial charge is 0.0715 e. The normalized spacial score (nSPS) is 10.4. The van der Waals surface area contributed by atoms with Crippen LogP contribution < -0.4 is 11.1 Å². The number of pyridine rings is 1. The monoisotopic (exact) mass is 533 g/mol. The van der Waals surface area contributed by atoms with Gasteiger partial charge in [0.2, 0.25) is 0 Å². The predicted molar refractivity (Wildman–Crippen MR) is 177 cm³/mol. The molecule has 0 atom stereocenters. The van der Waals surface area contributed by atoms with Crippen LogP contribution in [0.4, 0.5) is 11.4 Å². The van der Waals surface area contributed by atoms with Crippen LogP contribution in [0.15, 0.2) is 140 Å². The standard InChI is InChI=1S/C36H29N3.C2H6/c1-38-32-19-20-34(37)33(24-32)29-13-8-14-30(21-29)36-23-31(22-35(39-36)28-11-6-3-7-12-28)27-17-15-26(16-18-27)25-9-4-2-5-10-25;1-2/h2-24,38H,37H2,1H3;1-2H3. The Hall–Kier alpha value is -5.15. The van der Waals surface area contributed by atoms with Crippen LogP contribution in [0, 0.1) is 0 Å². The minimum absolute atomic E-state index is 0.747. The molecule has 3 nitrogen and oxygen atoms in total. The molecule has 0 saturated carbocycles. The van der Waals surface area contributed by atoms with E-state index < -0.39 is 0 Å². The summed E-state index contributed by atoms with van der Waals surface area (Å²) in [6.45, 7) is 4.00. The maximum Gasteiger partial charge on any atom is 0.0715 e. The summed E-state index contributed by atoms with van der Waals surface area (Å²) in [5.74, 6) is 0. The number of nitrogens with zero attached hydrogens (tertiary/aromatic N) is 1. The van der Waals surface area contributed by atoms with Crippen LogP contribution in [0.1, 0.15) is 13.8 Å². The van der Waals surface area contributed by atoms with Gasteiger partial charge in [0.25, 0.3) is 0 Å². The molecule has 0 unspecified atom stereocenters. The van der Waals surface area contributed by atoms with Gasteiger partial charge in [0.1, 0.15) is 0 Å². The molecule has 0 aliphatic heterocycles. The summed E-state index contributed by atoms with van der Waals surface area (Å²) in [5.41, 5.74) is 18.9. The van der Waals surface area contributed by atoms with E-state index in [1.54, 1.807) is 0 Å². The molecule has 0 aliphatic carbocycles. The molecule has 0 amide bonds. The van der Waals surface area contributed by atoms with E-state index in [9.17, 15) is 0 Å². The Morgan fingerprint density at radius 2 is 0.976 bits per heavy atom. The van der Waals surface area contributed by atoms with E-state index in [0.29, 0.717) is 0 Å². The zero-order valence-corrected chi connectivity index (χ0v) is 23.8. The second-order valence-electron chi connectivity index (χ2n) is 9.57. The van der Waals surface area contributed by atoms with E-state index in [1.165, 1.54) is 11.1 Å². The van der Waals surface area contributed by atoms with Crippen LogP contribution in [-0.4, -0.2) is 12.0 Å². The van der Waals surface area contributed by atoms with Gasteiger partial charge in [-0.15, -0.1) is 0 Å². The van der Waals surface area contributed by atoms with E-state index >= 15 is 0 Å². The zero-order chi connectivity index (χ0) is 28.6. The Kier molecular flexibility index (Phi) is 8.56. The molecule has 0 spiro atoms. The molecular formula is C38H35N3. The molecule has 0 saturated heterocycles. The SMILES string of the molecule is CC.CNc1ccc(N)c(-c2cccc(-c3cc(-c4ccc(-c5ccccc5)cc4)cc(-c4ccccc4)n3)c2)c1. The molecule has 202 valence electrons. The highest BCUT2D eigenvalue weighted by molar-refractivity contribution is 5.84. The Labute approximate surface area is 243 Å². The van der Waals surface area contributed by atoms with Crippen molar-refractivity contribution in [3.8, 4) is 55.9 Å². The summed E-state index contributed by atoms with van der Waals surface area (Å²) in [6, 6.07) is 48.4. The summed E-state index contributed by atoms with van der Waals surface area (Å²) in [4.78, 5) is 5.11. The molecule has 6 rings (SSSR count). The van der Waals surface area contributed by atoms with Gasteiger partial charge in [-0.3, -0.25) is 0 Å². The van der Waals surface area contributed by atoms with Crippen LogP contribution >= 0.6 is 0 Å². The molecule has 5 aromatic carbocycles. The topological polar surface area (TPSA) is 50.9 Å². The van der Waals surface area contributed by atoms with Crippen LogP contribution in [0.2, 0.25) is 0 Å². The third-order valence-corrected chi connectivity index (χ3v) is 7.03. The Morgan fingerprint density at radius 1 is 0.463 bits per heavy atom. The van der Waals surface area contributed by atoms with Gasteiger partial charge in [-0.05, 0) is 64.2 Å². The summed E-state index contributed by atoms with van der Waals surface area (Å²) in [5, 5.41) is 3.21. The number of nitrogens with one attached hydrogen (secondary N) is 1. The van der Waals surface area contributed by atoms with Gasteiger partial charge in [0, 0.05) is 35.1 Å². The Morgan fingerprint density at radius 3 is 1.61 bits per heavy atom. The maximum absolute atomic E-state index is 6.38. The predicted octanol–water partition coefficient (Wildman–Crippen LogP) is 10.1. The van der Waals surface area contributed by atoms with Crippen LogP contribution in [0.25, 0.3) is 55.9 Å². The van der Waals surface area contributed by atoms with Gasteiger partial charge in [-0.2, -0.15) is 0 Å². The lowest BCUT2D eigenvalue weighted by molar-refractivity contribution is 1.32. The summed E-state index contributed by atoms with van der Waals surface area (Å²) >= 11 is 0. The Bertz CT molecular complexity index is 1720. The third-order valence-electron chi connectivity index (χ3n) is 7.03. The minimum atomic E-state index is 0.747. The van der Waals surface area contributed by atoms with Gasteiger partial charge in [0.15, 0.2) is 0 Å². The lowest BCUT2D eigenvalue weighted by Crippen LogP contribution is -1.95. The minimum Gasteiger partial charge on any atom is -0.398 e. The molecule has 3 heteroatoms. The quantitative estimate of drug-likeness (QED) is 0.209. The molecule has 0 bridgehead atoms. The number of aromatic nitrogens is 1. The molecule has 0 fully saturated rings. The molecular weight excluding hydrogens is 498 g/mol. The fourth-order valence-corrected chi connectivity index (χ4v) is 4.90. The number of hydrogen-bond donors (Lipinski definition) is 2. The van der Waals surface area contributed by atoms with Crippen molar-refractivity contribution in [1.29, 1.82) is 0 Å². The summed E-state index contributed by atoms with van der Waals surface area (Å²) in [6.07, 6.45) is 0. The van der Waals surface area contributed by atoms with Crippen molar-refractivity contribution in [1.82, 2.24) is 4.98 Å². The highest BCUT2D eigenvalue weighted by atomic mass is 14.8. The first-order valence-electron chi connectivity index (χ1n) is 14.1. The molecule has 0 aliphatic rings. The van der Waals surface area contributed by atoms with E-state index in [0.717, 1.165) is 56.1 Å². The highest BCUT2D eigenvalue weighted by Crippen LogP contribution is 2.35. The van der Waals surface area contributed by atoms with E-state index in [4.69, 9.17) is 10.7 Å². The number of nitrogen functional groups attached to an aromatic ring is 1. The van der Waals surface area contributed by atoms with Crippen LogP contribution in [0.5, 0.6) is 0 Å². The number of nitrogens with two attached hydrogens (primary N) is 1.